The van der Waals surface area contributed by atoms with Crippen molar-refractivity contribution >= 4 is 17.5 Å². The first kappa shape index (κ1) is 18.4. The van der Waals surface area contributed by atoms with Gasteiger partial charge in [0.2, 0.25) is 5.89 Å². The molecule has 8 heteroatoms. The molecule has 1 fully saturated rings. The average Bonchev–Trinajstić information content (AvgIpc) is 3.29. The minimum Gasteiger partial charge on any atom is -0.443 e. The highest BCUT2D eigenvalue weighted by atomic mass is 35.5. The summed E-state index contributed by atoms with van der Waals surface area (Å²) in [6, 6.07) is 8.89. The van der Waals surface area contributed by atoms with Gasteiger partial charge in [0.25, 0.3) is 5.91 Å². The van der Waals surface area contributed by atoms with Gasteiger partial charge in [-0.3, -0.25) is 4.79 Å². The lowest BCUT2D eigenvalue weighted by molar-refractivity contribution is 0.0708. The van der Waals surface area contributed by atoms with Crippen LogP contribution in [0.2, 0.25) is 5.02 Å². The van der Waals surface area contributed by atoms with Gasteiger partial charge in [-0.15, -0.1) is 0 Å². The smallest absolute Gasteiger partial charge is 0.345 e. The molecule has 1 aromatic carbocycles. The van der Waals surface area contributed by atoms with Gasteiger partial charge < -0.3 is 14.3 Å². The number of carbonyl (C=O) groups is 1. The Morgan fingerprint density at radius 2 is 2.25 bits per heavy atom. The zero-order chi connectivity index (χ0) is 19.7. The van der Waals surface area contributed by atoms with Gasteiger partial charge in [0.1, 0.15) is 17.5 Å². The summed E-state index contributed by atoms with van der Waals surface area (Å²) in [5.74, 6) is 0.928. The van der Waals surface area contributed by atoms with E-state index in [1.807, 2.05) is 24.3 Å². The summed E-state index contributed by atoms with van der Waals surface area (Å²) in [7, 11) is 0. The van der Waals surface area contributed by atoms with Crippen LogP contribution in [0.4, 0.5) is 0 Å². The molecule has 2 aromatic heterocycles. The molecule has 0 radical (unpaired) electrons. The number of hydrogen-bond donors (Lipinski definition) is 1. The van der Waals surface area contributed by atoms with E-state index in [9.17, 15) is 9.59 Å². The summed E-state index contributed by atoms with van der Waals surface area (Å²) in [5.41, 5.74) is 1.23. The summed E-state index contributed by atoms with van der Waals surface area (Å²) in [4.78, 5) is 36.9. The standard InChI is InChI=1S/C20H19ClN4O3/c1-12-8-16(24-20(27)23-12)19(26)25-7-3-6-17(25)18-22-11-15(28-18)10-13-4-2-5-14(21)9-13/h2,4-5,8-9,11,17H,3,6-7,10H2,1H3,(H,23,24,27)/t17-/m1/s1. The molecule has 1 atom stereocenters. The number of carbonyl (C=O) groups excluding carboxylic acids is 1. The van der Waals surface area contributed by atoms with Crippen molar-refractivity contribution in [3.8, 4) is 0 Å². The largest absolute Gasteiger partial charge is 0.443 e. The predicted octanol–water partition coefficient (Wildman–Crippen LogP) is 3.29. The quantitative estimate of drug-likeness (QED) is 0.728. The van der Waals surface area contributed by atoms with E-state index in [1.165, 1.54) is 0 Å². The van der Waals surface area contributed by atoms with Crippen molar-refractivity contribution in [3.63, 3.8) is 0 Å². The summed E-state index contributed by atoms with van der Waals surface area (Å²) in [5, 5.41) is 0.672. The number of rotatable bonds is 4. The molecule has 0 saturated carbocycles. The highest BCUT2D eigenvalue weighted by Crippen LogP contribution is 2.33. The van der Waals surface area contributed by atoms with Crippen LogP contribution in [0.15, 0.2) is 45.7 Å². The van der Waals surface area contributed by atoms with Crippen molar-refractivity contribution < 1.29 is 9.21 Å². The van der Waals surface area contributed by atoms with E-state index < -0.39 is 5.69 Å². The molecule has 3 aromatic rings. The monoisotopic (exact) mass is 398 g/mol. The number of oxazole rings is 1. The van der Waals surface area contributed by atoms with E-state index in [4.69, 9.17) is 16.0 Å². The fourth-order valence-corrected chi connectivity index (χ4v) is 3.72. The van der Waals surface area contributed by atoms with Crippen LogP contribution in [0.1, 0.15) is 52.3 Å². The highest BCUT2D eigenvalue weighted by Gasteiger charge is 2.34. The van der Waals surface area contributed by atoms with Gasteiger partial charge in [-0.2, -0.15) is 4.98 Å². The van der Waals surface area contributed by atoms with E-state index in [0.29, 0.717) is 35.3 Å². The minimum atomic E-state index is -0.529. The SMILES string of the molecule is Cc1cc(C(=O)N2CCC[C@@H]2c2ncc(Cc3cccc(Cl)c3)o2)nc(=O)[nH]1. The molecule has 28 heavy (non-hydrogen) atoms. The first-order valence-corrected chi connectivity index (χ1v) is 9.45. The van der Waals surface area contributed by atoms with Gasteiger partial charge in [0.05, 0.1) is 6.20 Å². The molecule has 7 nitrogen and oxygen atoms in total. The Bertz CT molecular complexity index is 1080. The van der Waals surface area contributed by atoms with Crippen molar-refractivity contribution in [1.29, 1.82) is 0 Å². The second-order valence-electron chi connectivity index (χ2n) is 6.88. The number of likely N-dealkylation sites (tertiary alicyclic amines) is 1. The highest BCUT2D eigenvalue weighted by molar-refractivity contribution is 6.30. The first-order chi connectivity index (χ1) is 13.5. The van der Waals surface area contributed by atoms with Gasteiger partial charge in [-0.05, 0) is 43.5 Å². The van der Waals surface area contributed by atoms with Gasteiger partial charge in [0, 0.05) is 23.7 Å². The number of hydrogen-bond acceptors (Lipinski definition) is 5. The van der Waals surface area contributed by atoms with Crippen LogP contribution < -0.4 is 5.69 Å². The Kier molecular flexibility index (Phi) is 5.00. The molecule has 0 bridgehead atoms. The maximum atomic E-state index is 12.9. The molecule has 1 N–H and O–H groups in total. The van der Waals surface area contributed by atoms with Gasteiger partial charge in [-0.25, -0.2) is 9.78 Å². The van der Waals surface area contributed by atoms with Crippen molar-refractivity contribution in [1.82, 2.24) is 19.9 Å². The second kappa shape index (κ2) is 7.59. The van der Waals surface area contributed by atoms with E-state index in [2.05, 4.69) is 15.0 Å². The number of aromatic nitrogens is 3. The third-order valence-corrected chi connectivity index (χ3v) is 4.97. The van der Waals surface area contributed by atoms with Crippen molar-refractivity contribution in [2.75, 3.05) is 6.54 Å². The van der Waals surface area contributed by atoms with Gasteiger partial charge in [-0.1, -0.05) is 23.7 Å². The van der Waals surface area contributed by atoms with Crippen LogP contribution in [0.5, 0.6) is 0 Å². The lowest BCUT2D eigenvalue weighted by Crippen LogP contribution is -2.33. The zero-order valence-electron chi connectivity index (χ0n) is 15.3. The van der Waals surface area contributed by atoms with Crippen LogP contribution in [-0.2, 0) is 6.42 Å². The predicted molar refractivity (Wildman–Crippen MR) is 103 cm³/mol. The lowest BCUT2D eigenvalue weighted by Gasteiger charge is -2.21. The average molecular weight is 399 g/mol. The minimum absolute atomic E-state index is 0.138. The molecule has 1 amide bonds. The molecule has 1 saturated heterocycles. The Morgan fingerprint density at radius 1 is 1.39 bits per heavy atom. The number of halogens is 1. The van der Waals surface area contributed by atoms with Crippen molar-refractivity contribution in [2.24, 2.45) is 0 Å². The summed E-state index contributed by atoms with van der Waals surface area (Å²) in [6.07, 6.45) is 3.85. The fourth-order valence-electron chi connectivity index (χ4n) is 3.51. The molecule has 1 aliphatic rings. The number of nitrogens with one attached hydrogen (secondary N) is 1. The Labute approximate surface area is 166 Å². The van der Waals surface area contributed by atoms with Gasteiger partial charge in [0.15, 0.2) is 0 Å². The normalized spacial score (nSPS) is 16.5. The molecule has 0 aliphatic carbocycles. The van der Waals surface area contributed by atoms with Crippen LogP contribution in [0.3, 0.4) is 0 Å². The fraction of sp³-hybridized carbons (Fsp3) is 0.300. The lowest BCUT2D eigenvalue weighted by atomic mass is 10.1. The van der Waals surface area contributed by atoms with Crippen molar-refractivity contribution in [3.05, 3.63) is 80.6 Å². The molecule has 0 spiro atoms. The molecule has 1 aliphatic heterocycles. The van der Waals surface area contributed by atoms with Crippen LogP contribution in [0, 0.1) is 6.92 Å². The molecule has 0 unspecified atom stereocenters. The van der Waals surface area contributed by atoms with Crippen molar-refractivity contribution in [2.45, 2.75) is 32.2 Å². The number of amides is 1. The van der Waals surface area contributed by atoms with E-state index in [0.717, 1.165) is 18.4 Å². The molecular weight excluding hydrogens is 380 g/mol. The molecule has 144 valence electrons. The number of nitrogens with zero attached hydrogens (tertiary/aromatic N) is 3. The molecule has 4 rings (SSSR count). The number of H-pyrrole nitrogens is 1. The Balaban J connectivity index is 1.54. The van der Waals surface area contributed by atoms with E-state index in [1.54, 1.807) is 24.1 Å². The maximum absolute atomic E-state index is 12.9. The van der Waals surface area contributed by atoms with Crippen LogP contribution in [-0.4, -0.2) is 32.3 Å². The third-order valence-electron chi connectivity index (χ3n) is 4.74. The van der Waals surface area contributed by atoms with Gasteiger partial charge >= 0.3 is 5.69 Å². The summed E-state index contributed by atoms with van der Waals surface area (Å²) >= 11 is 6.03. The van der Waals surface area contributed by atoms with E-state index >= 15 is 0 Å². The van der Waals surface area contributed by atoms with Crippen LogP contribution in [0.25, 0.3) is 0 Å². The topological polar surface area (TPSA) is 92.1 Å². The third kappa shape index (κ3) is 3.84. The molecule has 3 heterocycles. The number of aryl methyl sites for hydroxylation is 1. The zero-order valence-corrected chi connectivity index (χ0v) is 16.1. The number of aromatic amines is 1. The Morgan fingerprint density at radius 3 is 3.04 bits per heavy atom. The Hall–Kier alpha value is -2.93. The summed E-state index contributed by atoms with van der Waals surface area (Å²) in [6.45, 7) is 2.29. The first-order valence-electron chi connectivity index (χ1n) is 9.07. The van der Waals surface area contributed by atoms with Crippen LogP contribution >= 0.6 is 11.6 Å². The second-order valence-corrected chi connectivity index (χ2v) is 7.32. The molecular formula is C20H19ClN4O3. The number of benzene rings is 1. The van der Waals surface area contributed by atoms with E-state index in [-0.39, 0.29) is 17.6 Å². The maximum Gasteiger partial charge on any atom is 0.345 e. The summed E-state index contributed by atoms with van der Waals surface area (Å²) < 4.78 is 5.94.